The first-order valence-electron chi connectivity index (χ1n) is 3.71. The Hall–Kier alpha value is 0.110. The Bertz CT molecular complexity index is 519. The van der Waals surface area contributed by atoms with Crippen molar-refractivity contribution in [3.63, 3.8) is 0 Å². The number of aromatic carboxylic acids is 1. The summed E-state index contributed by atoms with van der Waals surface area (Å²) in [5.74, 6) is -0.841. The normalized spacial score (nSPS) is 10.7. The Labute approximate surface area is 112 Å². The van der Waals surface area contributed by atoms with E-state index in [0.29, 0.717) is 4.88 Å². The van der Waals surface area contributed by atoms with Crippen molar-refractivity contribution >= 4 is 72.6 Å². The molecule has 0 atom stereocenters. The molecule has 2 rings (SSSR count). The highest BCUT2D eigenvalue weighted by Crippen LogP contribution is 2.35. The highest BCUT2D eigenvalue weighted by molar-refractivity contribution is 14.1. The van der Waals surface area contributed by atoms with Crippen LogP contribution in [0.5, 0.6) is 0 Å². The summed E-state index contributed by atoms with van der Waals surface area (Å²) in [6, 6.07) is 5.90. The third-order valence-electron chi connectivity index (χ3n) is 1.80. The molecule has 0 aliphatic carbocycles. The first kappa shape index (κ1) is 10.6. The van der Waals surface area contributed by atoms with Gasteiger partial charge in [0.15, 0.2) is 0 Å². The molecule has 0 unspecified atom stereocenters. The van der Waals surface area contributed by atoms with E-state index in [9.17, 15) is 4.79 Å². The number of halogens is 2. The first-order valence-corrected chi connectivity index (χ1v) is 6.68. The van der Waals surface area contributed by atoms with Crippen LogP contribution in [-0.4, -0.2) is 11.1 Å². The van der Waals surface area contributed by atoms with E-state index in [0.717, 1.165) is 17.2 Å². The Morgan fingerprint density at radius 2 is 2.07 bits per heavy atom. The number of fused-ring (bicyclic) bond motifs is 1. The SMILES string of the molecule is O=C(O)c1sc2c(I)cccc2c1I. The fourth-order valence-corrected chi connectivity index (χ4v) is 4.15. The molecule has 0 radical (unpaired) electrons. The highest BCUT2D eigenvalue weighted by Gasteiger charge is 2.16. The van der Waals surface area contributed by atoms with Crippen LogP contribution in [0.1, 0.15) is 9.67 Å². The Morgan fingerprint density at radius 1 is 1.36 bits per heavy atom. The molecule has 0 spiro atoms. The van der Waals surface area contributed by atoms with Crippen LogP contribution < -0.4 is 0 Å². The van der Waals surface area contributed by atoms with Crippen molar-refractivity contribution in [2.75, 3.05) is 0 Å². The molecule has 2 nitrogen and oxygen atoms in total. The van der Waals surface area contributed by atoms with E-state index < -0.39 is 5.97 Å². The minimum Gasteiger partial charge on any atom is -0.477 e. The van der Waals surface area contributed by atoms with Gasteiger partial charge in [-0.25, -0.2) is 4.79 Å². The number of carboxylic acids is 1. The number of rotatable bonds is 1. The number of hydrogen-bond donors (Lipinski definition) is 1. The van der Waals surface area contributed by atoms with Crippen LogP contribution in [0.3, 0.4) is 0 Å². The maximum atomic E-state index is 10.9. The average Bonchev–Trinajstić information content (AvgIpc) is 2.46. The molecule has 0 aliphatic heterocycles. The smallest absolute Gasteiger partial charge is 0.347 e. The molecule has 1 heterocycles. The molecule has 1 aromatic heterocycles. The molecule has 0 saturated heterocycles. The lowest BCUT2D eigenvalue weighted by Gasteiger charge is -1.91. The van der Waals surface area contributed by atoms with Crippen molar-refractivity contribution < 1.29 is 9.90 Å². The molecule has 0 amide bonds. The molecule has 0 fully saturated rings. The van der Waals surface area contributed by atoms with Crippen LogP contribution in [0.15, 0.2) is 18.2 Å². The fraction of sp³-hybridized carbons (Fsp3) is 0. The average molecular weight is 430 g/mol. The van der Waals surface area contributed by atoms with E-state index >= 15 is 0 Å². The second-order valence-electron chi connectivity index (χ2n) is 2.67. The van der Waals surface area contributed by atoms with Crippen molar-refractivity contribution in [3.05, 3.63) is 30.2 Å². The zero-order valence-electron chi connectivity index (χ0n) is 6.75. The van der Waals surface area contributed by atoms with Gasteiger partial charge < -0.3 is 5.11 Å². The van der Waals surface area contributed by atoms with Gasteiger partial charge >= 0.3 is 5.97 Å². The maximum absolute atomic E-state index is 10.9. The van der Waals surface area contributed by atoms with Gasteiger partial charge in [-0.3, -0.25) is 0 Å². The van der Waals surface area contributed by atoms with Crippen LogP contribution in [-0.2, 0) is 0 Å². The zero-order valence-corrected chi connectivity index (χ0v) is 11.9. The van der Waals surface area contributed by atoms with E-state index in [2.05, 4.69) is 45.2 Å². The van der Waals surface area contributed by atoms with E-state index in [-0.39, 0.29) is 0 Å². The van der Waals surface area contributed by atoms with Crippen molar-refractivity contribution in [1.82, 2.24) is 0 Å². The molecule has 5 heteroatoms. The van der Waals surface area contributed by atoms with Crippen LogP contribution in [0.4, 0.5) is 0 Å². The summed E-state index contributed by atoms with van der Waals surface area (Å²) in [7, 11) is 0. The second-order valence-corrected chi connectivity index (χ2v) is 5.93. The van der Waals surface area contributed by atoms with Crippen LogP contribution in [0.2, 0.25) is 0 Å². The summed E-state index contributed by atoms with van der Waals surface area (Å²) in [6.07, 6.45) is 0. The van der Waals surface area contributed by atoms with Gasteiger partial charge in [-0.15, -0.1) is 11.3 Å². The molecular weight excluding hydrogens is 426 g/mol. The highest BCUT2D eigenvalue weighted by atomic mass is 127. The van der Waals surface area contributed by atoms with Crippen LogP contribution >= 0.6 is 56.5 Å². The first-order chi connectivity index (χ1) is 6.61. The lowest BCUT2D eigenvalue weighted by atomic mass is 10.2. The second kappa shape index (κ2) is 3.93. The summed E-state index contributed by atoms with van der Waals surface area (Å²) in [5.41, 5.74) is 0. The van der Waals surface area contributed by atoms with Crippen LogP contribution in [0, 0.1) is 7.14 Å². The minimum atomic E-state index is -0.841. The summed E-state index contributed by atoms with van der Waals surface area (Å²) >= 11 is 5.66. The standard InChI is InChI=1S/C9H4I2O2S/c10-5-3-1-2-4-6(11)8(9(12)13)14-7(4)5/h1-3H,(H,12,13). The van der Waals surface area contributed by atoms with E-state index in [1.165, 1.54) is 11.3 Å². The van der Waals surface area contributed by atoms with Gasteiger partial charge in [-0.05, 0) is 51.2 Å². The Kier molecular flexibility index (Phi) is 2.98. The fourth-order valence-electron chi connectivity index (χ4n) is 1.19. The summed E-state index contributed by atoms with van der Waals surface area (Å²) < 4.78 is 3.01. The van der Waals surface area contributed by atoms with E-state index in [1.807, 2.05) is 18.2 Å². The third kappa shape index (κ3) is 1.65. The van der Waals surface area contributed by atoms with Gasteiger partial charge in [0.2, 0.25) is 0 Å². The lowest BCUT2D eigenvalue weighted by Crippen LogP contribution is -1.93. The third-order valence-corrected chi connectivity index (χ3v) is 5.78. The monoisotopic (exact) mass is 430 g/mol. The maximum Gasteiger partial charge on any atom is 0.347 e. The predicted molar refractivity (Wildman–Crippen MR) is 74.2 cm³/mol. The molecule has 0 bridgehead atoms. The van der Waals surface area contributed by atoms with Gasteiger partial charge in [0.05, 0.1) is 0 Å². The quantitative estimate of drug-likeness (QED) is 0.700. The molecule has 14 heavy (non-hydrogen) atoms. The van der Waals surface area contributed by atoms with Gasteiger partial charge in [0, 0.05) is 17.2 Å². The summed E-state index contributed by atoms with van der Waals surface area (Å²) in [6.45, 7) is 0. The lowest BCUT2D eigenvalue weighted by molar-refractivity contribution is 0.0701. The van der Waals surface area contributed by atoms with Crippen molar-refractivity contribution in [2.45, 2.75) is 0 Å². The topological polar surface area (TPSA) is 37.3 Å². The number of thiophene rings is 1. The number of carbonyl (C=O) groups is 1. The summed E-state index contributed by atoms with van der Waals surface area (Å²) in [4.78, 5) is 11.3. The number of hydrogen-bond acceptors (Lipinski definition) is 2. The predicted octanol–water partition coefficient (Wildman–Crippen LogP) is 3.81. The molecule has 1 aromatic carbocycles. The van der Waals surface area contributed by atoms with Gasteiger partial charge in [-0.1, -0.05) is 12.1 Å². The van der Waals surface area contributed by atoms with Crippen LogP contribution in [0.25, 0.3) is 10.1 Å². The largest absolute Gasteiger partial charge is 0.477 e. The van der Waals surface area contributed by atoms with Gasteiger partial charge in [-0.2, -0.15) is 0 Å². The molecular formula is C9H4I2O2S. The van der Waals surface area contributed by atoms with Crippen molar-refractivity contribution in [3.8, 4) is 0 Å². The Morgan fingerprint density at radius 3 is 2.64 bits per heavy atom. The zero-order chi connectivity index (χ0) is 10.3. The Balaban J connectivity index is 2.86. The van der Waals surface area contributed by atoms with Gasteiger partial charge in [0.25, 0.3) is 0 Å². The van der Waals surface area contributed by atoms with Crippen molar-refractivity contribution in [1.29, 1.82) is 0 Å². The molecule has 72 valence electrons. The molecule has 0 aliphatic rings. The van der Waals surface area contributed by atoms with E-state index in [1.54, 1.807) is 0 Å². The molecule has 1 N–H and O–H groups in total. The summed E-state index contributed by atoms with van der Waals surface area (Å²) in [5, 5.41) is 10.0. The number of benzene rings is 1. The van der Waals surface area contributed by atoms with Crippen molar-refractivity contribution in [2.24, 2.45) is 0 Å². The minimum absolute atomic E-state index is 0.435. The number of carboxylic acid groups (broad SMARTS) is 1. The molecule has 2 aromatic rings. The molecule has 0 saturated carbocycles. The van der Waals surface area contributed by atoms with Gasteiger partial charge in [0.1, 0.15) is 4.88 Å². The van der Waals surface area contributed by atoms with E-state index in [4.69, 9.17) is 5.11 Å².